The highest BCUT2D eigenvalue weighted by Gasteiger charge is 2.21. The van der Waals surface area contributed by atoms with Gasteiger partial charge in [-0.15, -0.1) is 0 Å². The lowest BCUT2D eigenvalue weighted by atomic mass is 9.86. The second kappa shape index (κ2) is 5.99. The van der Waals surface area contributed by atoms with Gasteiger partial charge in [-0.05, 0) is 52.1 Å². The normalized spacial score (nSPS) is 12.5. The lowest BCUT2D eigenvalue weighted by Crippen LogP contribution is -2.10. The van der Waals surface area contributed by atoms with Gasteiger partial charge < -0.3 is 9.55 Å². The molecule has 0 radical (unpaired) electrons. The molecule has 0 spiro atoms. The van der Waals surface area contributed by atoms with Crippen LogP contribution >= 0.6 is 0 Å². The van der Waals surface area contributed by atoms with E-state index in [4.69, 9.17) is 0 Å². The van der Waals surface area contributed by atoms with E-state index in [2.05, 4.69) is 115 Å². The Morgan fingerprint density at radius 1 is 0.733 bits per heavy atom. The maximum Gasteiger partial charge on any atom is 0.0798 e. The van der Waals surface area contributed by atoms with Crippen LogP contribution in [0.25, 0.3) is 49.3 Å². The highest BCUT2D eigenvalue weighted by molar-refractivity contribution is 6.25. The van der Waals surface area contributed by atoms with Crippen molar-refractivity contribution >= 4 is 43.6 Å². The largest absolute Gasteiger partial charge is 0.353 e. The van der Waals surface area contributed by atoms with Gasteiger partial charge in [-0.2, -0.15) is 0 Å². The molecule has 0 aliphatic carbocycles. The van der Waals surface area contributed by atoms with Crippen molar-refractivity contribution in [2.45, 2.75) is 26.2 Å². The molecule has 0 unspecified atom stereocenters. The number of benzene rings is 4. The van der Waals surface area contributed by atoms with Crippen LogP contribution in [0.15, 0.2) is 84.9 Å². The molecule has 6 aromatic rings. The zero-order valence-electron chi connectivity index (χ0n) is 17.5. The zero-order valence-corrected chi connectivity index (χ0v) is 17.5. The molecular formula is C28H24N2. The van der Waals surface area contributed by atoms with Crippen LogP contribution in [0.4, 0.5) is 0 Å². The topological polar surface area (TPSA) is 20.7 Å². The molecule has 0 aliphatic rings. The number of aromatic nitrogens is 2. The molecule has 4 aromatic carbocycles. The molecule has 0 aliphatic heterocycles. The van der Waals surface area contributed by atoms with Crippen LogP contribution in [0.2, 0.25) is 0 Å². The van der Waals surface area contributed by atoms with Gasteiger partial charge in [0.25, 0.3) is 0 Å². The van der Waals surface area contributed by atoms with Crippen LogP contribution in [0.5, 0.6) is 0 Å². The summed E-state index contributed by atoms with van der Waals surface area (Å²) in [4.78, 5) is 3.76. The van der Waals surface area contributed by atoms with E-state index in [9.17, 15) is 0 Å². The van der Waals surface area contributed by atoms with E-state index >= 15 is 0 Å². The van der Waals surface area contributed by atoms with Crippen LogP contribution in [0.3, 0.4) is 0 Å². The molecule has 2 aromatic heterocycles. The van der Waals surface area contributed by atoms with Crippen molar-refractivity contribution < 1.29 is 0 Å². The number of nitrogens with one attached hydrogen (secondary N) is 1. The quantitative estimate of drug-likeness (QED) is 0.298. The summed E-state index contributed by atoms with van der Waals surface area (Å²) in [6, 6.07) is 30.7. The molecule has 0 bridgehead atoms. The molecule has 0 saturated carbocycles. The number of para-hydroxylation sites is 1. The maximum absolute atomic E-state index is 3.76. The van der Waals surface area contributed by atoms with Gasteiger partial charge in [0.1, 0.15) is 0 Å². The van der Waals surface area contributed by atoms with Gasteiger partial charge >= 0.3 is 0 Å². The van der Waals surface area contributed by atoms with Crippen molar-refractivity contribution in [1.82, 2.24) is 9.55 Å². The van der Waals surface area contributed by atoms with Gasteiger partial charge in [0, 0.05) is 22.0 Å². The average molecular weight is 389 g/mol. The Morgan fingerprint density at radius 3 is 2.30 bits per heavy atom. The molecule has 2 heterocycles. The van der Waals surface area contributed by atoms with E-state index in [-0.39, 0.29) is 5.41 Å². The summed E-state index contributed by atoms with van der Waals surface area (Å²) in [6.07, 6.45) is 0. The first-order valence-corrected chi connectivity index (χ1v) is 10.6. The number of fused-ring (bicyclic) bond motifs is 7. The second-order valence-electron chi connectivity index (χ2n) is 9.21. The lowest BCUT2D eigenvalue weighted by Gasteiger charge is -2.19. The van der Waals surface area contributed by atoms with Gasteiger partial charge in [-0.3, -0.25) is 0 Å². The van der Waals surface area contributed by atoms with Crippen molar-refractivity contribution in [3.05, 3.63) is 90.5 Å². The molecule has 0 amide bonds. The first kappa shape index (κ1) is 17.3. The minimum absolute atomic E-state index is 0.105. The van der Waals surface area contributed by atoms with Gasteiger partial charge in [-0.25, -0.2) is 0 Å². The molecule has 146 valence electrons. The standard InChI is InChI=1S/C28H24N2/c1-28(2,3)19-14-15-23-22(17-19)27-26(29-23)25-21-12-8-7-9-18(21)13-16-24(25)30(27)20-10-5-4-6-11-20/h4-17,29H,1-3H3. The zero-order chi connectivity index (χ0) is 20.5. The predicted octanol–water partition coefficient (Wildman–Crippen LogP) is 7.72. The average Bonchev–Trinajstić information content (AvgIpc) is 3.27. The Kier molecular flexibility index (Phi) is 3.47. The third-order valence-corrected chi connectivity index (χ3v) is 6.27. The Labute approximate surface area is 175 Å². The highest BCUT2D eigenvalue weighted by Crippen LogP contribution is 2.40. The van der Waals surface area contributed by atoms with E-state index in [1.54, 1.807) is 0 Å². The van der Waals surface area contributed by atoms with Crippen LogP contribution < -0.4 is 0 Å². The first-order chi connectivity index (χ1) is 14.5. The molecule has 0 saturated heterocycles. The fourth-order valence-electron chi connectivity index (χ4n) is 4.73. The Balaban J connectivity index is 1.87. The minimum atomic E-state index is 0.105. The van der Waals surface area contributed by atoms with E-state index in [1.165, 1.54) is 54.9 Å². The fraction of sp³-hybridized carbons (Fsp3) is 0.143. The summed E-state index contributed by atoms with van der Waals surface area (Å²) in [7, 11) is 0. The smallest absolute Gasteiger partial charge is 0.0798 e. The van der Waals surface area contributed by atoms with Crippen LogP contribution in [-0.4, -0.2) is 9.55 Å². The summed E-state index contributed by atoms with van der Waals surface area (Å²) in [5, 5.41) is 5.13. The number of rotatable bonds is 1. The minimum Gasteiger partial charge on any atom is -0.353 e. The van der Waals surface area contributed by atoms with E-state index in [0.717, 1.165) is 0 Å². The second-order valence-corrected chi connectivity index (χ2v) is 9.21. The summed E-state index contributed by atoms with van der Waals surface area (Å²) in [5.41, 5.74) is 7.55. The molecule has 2 nitrogen and oxygen atoms in total. The van der Waals surface area contributed by atoms with Gasteiger partial charge in [-0.1, -0.05) is 75.4 Å². The predicted molar refractivity (Wildman–Crippen MR) is 129 cm³/mol. The lowest BCUT2D eigenvalue weighted by molar-refractivity contribution is 0.591. The number of H-pyrrole nitrogens is 1. The van der Waals surface area contributed by atoms with Crippen LogP contribution in [0, 0.1) is 0 Å². The van der Waals surface area contributed by atoms with Crippen molar-refractivity contribution in [3.63, 3.8) is 0 Å². The monoisotopic (exact) mass is 388 g/mol. The molecule has 0 fully saturated rings. The highest BCUT2D eigenvalue weighted by atomic mass is 15.0. The summed E-state index contributed by atoms with van der Waals surface area (Å²) >= 11 is 0. The number of nitrogens with zero attached hydrogens (tertiary/aromatic N) is 1. The first-order valence-electron chi connectivity index (χ1n) is 10.6. The van der Waals surface area contributed by atoms with E-state index in [0.29, 0.717) is 0 Å². The molecule has 1 N–H and O–H groups in total. The van der Waals surface area contributed by atoms with Crippen molar-refractivity contribution in [2.24, 2.45) is 0 Å². The summed E-state index contributed by atoms with van der Waals surface area (Å²) < 4.78 is 2.42. The van der Waals surface area contributed by atoms with E-state index in [1.807, 2.05) is 0 Å². The van der Waals surface area contributed by atoms with Gasteiger partial charge in [0.05, 0.1) is 16.6 Å². The fourth-order valence-corrected chi connectivity index (χ4v) is 4.73. The molecular weight excluding hydrogens is 364 g/mol. The molecule has 30 heavy (non-hydrogen) atoms. The Bertz CT molecular complexity index is 1560. The summed E-state index contributed by atoms with van der Waals surface area (Å²) in [5.74, 6) is 0. The third-order valence-electron chi connectivity index (χ3n) is 6.27. The Morgan fingerprint density at radius 2 is 1.50 bits per heavy atom. The molecule has 2 heteroatoms. The Hall–Kier alpha value is -3.52. The SMILES string of the molecule is CC(C)(C)c1ccc2[nH]c3c4c5ccccc5ccc4n(-c4ccccc4)c3c2c1. The van der Waals surface area contributed by atoms with Gasteiger partial charge in [0.15, 0.2) is 0 Å². The molecule has 6 rings (SSSR count). The maximum atomic E-state index is 3.76. The number of hydrogen-bond acceptors (Lipinski definition) is 0. The third kappa shape index (κ3) is 2.37. The molecule has 0 atom stereocenters. The number of aromatic amines is 1. The summed E-state index contributed by atoms with van der Waals surface area (Å²) in [6.45, 7) is 6.83. The van der Waals surface area contributed by atoms with Gasteiger partial charge in [0.2, 0.25) is 0 Å². The number of hydrogen-bond donors (Lipinski definition) is 1. The van der Waals surface area contributed by atoms with E-state index < -0.39 is 0 Å². The van der Waals surface area contributed by atoms with Crippen LogP contribution in [0.1, 0.15) is 26.3 Å². The van der Waals surface area contributed by atoms with Crippen molar-refractivity contribution in [1.29, 1.82) is 0 Å². The van der Waals surface area contributed by atoms with Crippen LogP contribution in [-0.2, 0) is 5.41 Å². The van der Waals surface area contributed by atoms with Crippen molar-refractivity contribution in [3.8, 4) is 5.69 Å². The van der Waals surface area contributed by atoms with Crippen molar-refractivity contribution in [2.75, 3.05) is 0 Å².